The van der Waals surface area contributed by atoms with Crippen molar-refractivity contribution < 1.29 is 13.7 Å². The fourth-order valence-corrected chi connectivity index (χ4v) is 4.75. The second kappa shape index (κ2) is 8.73. The van der Waals surface area contributed by atoms with E-state index in [0.29, 0.717) is 22.2 Å². The van der Waals surface area contributed by atoms with Crippen molar-refractivity contribution in [3.05, 3.63) is 29.2 Å². The van der Waals surface area contributed by atoms with Gasteiger partial charge in [-0.3, -0.25) is 4.68 Å². The SMILES string of the molecule is COc1cc(C(C)C)c(NC(=O)N=S(N)(=O)c2cnn3c2CCCC3)c(C(C)C)n1. The topological polar surface area (TPSA) is 124 Å². The summed E-state index contributed by atoms with van der Waals surface area (Å²) in [6, 6.07) is 1.02. The maximum Gasteiger partial charge on any atom is 0.354 e. The number of fused-ring (bicyclic) bond motifs is 1. The van der Waals surface area contributed by atoms with Crippen molar-refractivity contribution in [3.63, 3.8) is 0 Å². The number of methoxy groups -OCH3 is 1. The first-order valence-corrected chi connectivity index (χ1v) is 11.7. The second-order valence-electron chi connectivity index (χ2n) is 8.05. The molecule has 0 aliphatic carbocycles. The summed E-state index contributed by atoms with van der Waals surface area (Å²) in [6.45, 7) is 8.73. The summed E-state index contributed by atoms with van der Waals surface area (Å²) in [4.78, 5) is 17.6. The number of rotatable bonds is 5. The molecule has 0 fully saturated rings. The molecule has 164 valence electrons. The molecule has 30 heavy (non-hydrogen) atoms. The summed E-state index contributed by atoms with van der Waals surface area (Å²) in [5, 5.41) is 13.0. The van der Waals surface area contributed by atoms with Crippen molar-refractivity contribution >= 4 is 21.6 Å². The predicted molar refractivity (Wildman–Crippen MR) is 116 cm³/mol. The lowest BCUT2D eigenvalue weighted by Crippen LogP contribution is -2.21. The second-order valence-corrected chi connectivity index (χ2v) is 9.81. The maximum absolute atomic E-state index is 13.1. The average Bonchev–Trinajstić information content (AvgIpc) is 3.12. The Hall–Kier alpha value is -2.46. The molecule has 1 unspecified atom stereocenters. The Balaban J connectivity index is 1.99. The van der Waals surface area contributed by atoms with E-state index in [1.165, 1.54) is 6.20 Å². The molecule has 10 heteroatoms. The largest absolute Gasteiger partial charge is 0.481 e. The number of carbonyl (C=O) groups excluding carboxylic acids is 1. The van der Waals surface area contributed by atoms with Crippen LogP contribution in [0, 0.1) is 0 Å². The molecule has 9 nitrogen and oxygen atoms in total. The van der Waals surface area contributed by atoms with E-state index in [0.717, 1.165) is 37.1 Å². The highest BCUT2D eigenvalue weighted by molar-refractivity contribution is 7.91. The molecule has 0 saturated heterocycles. The third-order valence-corrected chi connectivity index (χ3v) is 6.55. The van der Waals surface area contributed by atoms with Gasteiger partial charge in [0.25, 0.3) is 0 Å². The minimum Gasteiger partial charge on any atom is -0.481 e. The van der Waals surface area contributed by atoms with Gasteiger partial charge < -0.3 is 10.1 Å². The molecular formula is C20H30N6O3S. The highest BCUT2D eigenvalue weighted by Gasteiger charge is 2.24. The molecule has 1 aliphatic heterocycles. The summed E-state index contributed by atoms with van der Waals surface area (Å²) in [5.41, 5.74) is 2.89. The Bertz CT molecular complexity index is 1040. The molecule has 3 rings (SSSR count). The Morgan fingerprint density at radius 3 is 2.67 bits per heavy atom. The number of nitrogens with two attached hydrogens (primary N) is 1. The van der Waals surface area contributed by atoms with E-state index in [1.54, 1.807) is 17.9 Å². The van der Waals surface area contributed by atoms with Crippen molar-refractivity contribution in [3.8, 4) is 5.88 Å². The molecule has 0 spiro atoms. The minimum absolute atomic E-state index is 0.0258. The van der Waals surface area contributed by atoms with Gasteiger partial charge in [-0.1, -0.05) is 27.7 Å². The quantitative estimate of drug-likeness (QED) is 0.740. The van der Waals surface area contributed by atoms with Gasteiger partial charge in [0.15, 0.2) is 0 Å². The van der Waals surface area contributed by atoms with Gasteiger partial charge in [0.2, 0.25) is 5.88 Å². The number of amides is 2. The van der Waals surface area contributed by atoms with Gasteiger partial charge in [0, 0.05) is 12.6 Å². The average molecular weight is 435 g/mol. The van der Waals surface area contributed by atoms with E-state index >= 15 is 0 Å². The monoisotopic (exact) mass is 434 g/mol. The van der Waals surface area contributed by atoms with Crippen LogP contribution in [-0.4, -0.2) is 32.1 Å². The van der Waals surface area contributed by atoms with Gasteiger partial charge in [-0.2, -0.15) is 5.10 Å². The smallest absolute Gasteiger partial charge is 0.354 e. The molecule has 3 heterocycles. The van der Waals surface area contributed by atoms with Crippen LogP contribution in [0.15, 0.2) is 21.5 Å². The number of hydrogen-bond acceptors (Lipinski definition) is 5. The van der Waals surface area contributed by atoms with E-state index < -0.39 is 15.9 Å². The van der Waals surface area contributed by atoms with Gasteiger partial charge in [-0.25, -0.2) is 19.1 Å². The Kier molecular flexibility index (Phi) is 6.47. The maximum atomic E-state index is 13.1. The molecule has 1 aliphatic rings. The van der Waals surface area contributed by atoms with Crippen LogP contribution in [0.2, 0.25) is 0 Å². The summed E-state index contributed by atoms with van der Waals surface area (Å²) in [7, 11) is -1.87. The minimum atomic E-state index is -3.42. The van der Waals surface area contributed by atoms with Crippen LogP contribution >= 0.6 is 0 Å². The van der Waals surface area contributed by atoms with Crippen LogP contribution in [0.3, 0.4) is 0 Å². The standard InChI is InChI=1S/C20H30N6O3S/c1-12(2)14-10-17(29-5)23-18(13(3)4)19(14)24-20(27)25-30(21,28)16-11-22-26-9-7-6-8-15(16)26/h10-13H,6-9H2,1-5H3,(H3,21,24,25,27,28). The fourth-order valence-electron chi connectivity index (χ4n) is 3.61. The third kappa shape index (κ3) is 4.49. The van der Waals surface area contributed by atoms with Gasteiger partial charge in [-0.15, -0.1) is 4.36 Å². The molecule has 3 N–H and O–H groups in total. The van der Waals surface area contributed by atoms with Crippen LogP contribution < -0.4 is 15.2 Å². The molecule has 0 bridgehead atoms. The van der Waals surface area contributed by atoms with Gasteiger partial charge in [-0.05, 0) is 36.7 Å². The van der Waals surface area contributed by atoms with Crippen molar-refractivity contribution in [1.82, 2.24) is 14.8 Å². The zero-order chi connectivity index (χ0) is 22.1. The van der Waals surface area contributed by atoms with E-state index in [2.05, 4.69) is 19.8 Å². The molecule has 0 saturated carbocycles. The number of anilines is 1. The van der Waals surface area contributed by atoms with E-state index in [1.807, 2.05) is 27.7 Å². The van der Waals surface area contributed by atoms with E-state index in [9.17, 15) is 9.00 Å². The highest BCUT2D eigenvalue weighted by Crippen LogP contribution is 2.34. The molecule has 0 aromatic carbocycles. The normalized spacial score (nSPS) is 15.6. The van der Waals surface area contributed by atoms with Crippen LogP contribution in [0.5, 0.6) is 5.88 Å². The summed E-state index contributed by atoms with van der Waals surface area (Å²) >= 11 is 0. The van der Waals surface area contributed by atoms with E-state index in [-0.39, 0.29) is 11.8 Å². The summed E-state index contributed by atoms with van der Waals surface area (Å²) < 4.78 is 24.1. The van der Waals surface area contributed by atoms with Crippen LogP contribution in [0.1, 0.15) is 69.3 Å². The number of nitrogens with one attached hydrogen (secondary N) is 1. The molecule has 0 radical (unpaired) electrons. The number of nitrogens with zero attached hydrogens (tertiary/aromatic N) is 4. The lowest BCUT2D eigenvalue weighted by Gasteiger charge is -2.20. The Labute approximate surface area is 177 Å². The zero-order valence-corrected chi connectivity index (χ0v) is 19.0. The number of carbonyl (C=O) groups is 1. The lowest BCUT2D eigenvalue weighted by molar-refractivity contribution is 0.260. The van der Waals surface area contributed by atoms with Gasteiger partial charge in [0.05, 0.1) is 30.4 Å². The Morgan fingerprint density at radius 1 is 1.30 bits per heavy atom. The number of hydrogen-bond donors (Lipinski definition) is 2. The van der Waals surface area contributed by atoms with Crippen molar-refractivity contribution in [2.45, 2.75) is 70.2 Å². The van der Waals surface area contributed by atoms with Crippen molar-refractivity contribution in [2.24, 2.45) is 9.50 Å². The first kappa shape index (κ1) is 22.2. The predicted octanol–water partition coefficient (Wildman–Crippen LogP) is 3.80. The summed E-state index contributed by atoms with van der Waals surface area (Å²) in [6.07, 6.45) is 4.16. The number of urea groups is 1. The number of ether oxygens (including phenoxy) is 1. The zero-order valence-electron chi connectivity index (χ0n) is 18.1. The van der Waals surface area contributed by atoms with Crippen LogP contribution in [-0.2, 0) is 22.9 Å². The van der Waals surface area contributed by atoms with Crippen LogP contribution in [0.4, 0.5) is 10.5 Å². The van der Waals surface area contributed by atoms with Crippen LogP contribution in [0.25, 0.3) is 0 Å². The highest BCUT2D eigenvalue weighted by atomic mass is 32.2. The number of aromatic nitrogens is 3. The number of aryl methyl sites for hydroxylation is 1. The molecule has 2 amide bonds. The van der Waals surface area contributed by atoms with Gasteiger partial charge >= 0.3 is 6.03 Å². The fraction of sp³-hybridized carbons (Fsp3) is 0.550. The number of pyridine rings is 1. The Morgan fingerprint density at radius 2 is 2.03 bits per heavy atom. The van der Waals surface area contributed by atoms with Crippen molar-refractivity contribution in [2.75, 3.05) is 12.4 Å². The summed E-state index contributed by atoms with van der Waals surface area (Å²) in [5.74, 6) is 0.601. The first-order chi connectivity index (χ1) is 14.1. The first-order valence-electron chi connectivity index (χ1n) is 10.1. The molecule has 2 aromatic rings. The molecular weight excluding hydrogens is 404 g/mol. The third-order valence-electron chi connectivity index (χ3n) is 5.14. The van der Waals surface area contributed by atoms with E-state index in [4.69, 9.17) is 9.88 Å². The lowest BCUT2D eigenvalue weighted by atomic mass is 9.97. The van der Waals surface area contributed by atoms with Gasteiger partial charge in [0.1, 0.15) is 14.8 Å². The van der Waals surface area contributed by atoms with Crippen molar-refractivity contribution in [1.29, 1.82) is 0 Å². The molecule has 2 aromatic heterocycles. The molecule has 1 atom stereocenters.